The number of hydrogen-bond donors (Lipinski definition) is 1. The van der Waals surface area contributed by atoms with Gasteiger partial charge in [-0.25, -0.2) is 10.1 Å². The van der Waals surface area contributed by atoms with E-state index in [1.165, 1.54) is 6.33 Å². The van der Waals surface area contributed by atoms with Crippen LogP contribution in [0.15, 0.2) is 11.1 Å². The summed E-state index contributed by atoms with van der Waals surface area (Å²) in [6.07, 6.45) is 1.51. The average molecular weight is 263 g/mol. The summed E-state index contributed by atoms with van der Waals surface area (Å²) < 4.78 is 1.57. The van der Waals surface area contributed by atoms with E-state index in [4.69, 9.17) is 0 Å². The molecule has 0 amide bonds. The Kier molecular flexibility index (Phi) is 1.37. The van der Waals surface area contributed by atoms with Gasteiger partial charge >= 0.3 is 0 Å². The van der Waals surface area contributed by atoms with Crippen LogP contribution in [0.5, 0.6) is 0 Å². The third-order valence-corrected chi connectivity index (χ3v) is 1.95. The molecule has 56 valence electrons. The second-order valence-electron chi connectivity index (χ2n) is 1.87. The molecular formula is C4H2IN5O. The van der Waals surface area contributed by atoms with Gasteiger partial charge in [0.1, 0.15) is 6.33 Å². The number of aromatic nitrogens is 5. The SMILES string of the molecule is O=c1[nH]nnc2ncn(I)c12. The number of aromatic amines is 1. The highest BCUT2D eigenvalue weighted by Gasteiger charge is 2.04. The first-order valence-electron chi connectivity index (χ1n) is 2.73. The Morgan fingerprint density at radius 3 is 3.18 bits per heavy atom. The Balaban J connectivity index is 3.08. The molecule has 6 nitrogen and oxygen atoms in total. The zero-order valence-electron chi connectivity index (χ0n) is 5.15. The summed E-state index contributed by atoms with van der Waals surface area (Å²) >= 11 is 1.95. The molecule has 0 aromatic carbocycles. The Hall–Kier alpha value is -0.990. The van der Waals surface area contributed by atoms with Crippen LogP contribution in [0.25, 0.3) is 11.2 Å². The highest BCUT2D eigenvalue weighted by molar-refractivity contribution is 14.1. The van der Waals surface area contributed by atoms with E-state index in [0.717, 1.165) is 0 Å². The maximum absolute atomic E-state index is 11.0. The lowest BCUT2D eigenvalue weighted by Crippen LogP contribution is -2.10. The van der Waals surface area contributed by atoms with Crippen LogP contribution in [0.2, 0.25) is 0 Å². The van der Waals surface area contributed by atoms with Crippen molar-refractivity contribution in [3.8, 4) is 0 Å². The summed E-state index contributed by atoms with van der Waals surface area (Å²) in [6.45, 7) is 0. The minimum atomic E-state index is -0.276. The van der Waals surface area contributed by atoms with Gasteiger partial charge in [0.05, 0.1) is 22.9 Å². The largest absolute Gasteiger partial charge is 0.294 e. The lowest BCUT2D eigenvalue weighted by Gasteiger charge is -1.85. The predicted octanol–water partition coefficient (Wildman–Crippen LogP) is -0.287. The topological polar surface area (TPSA) is 76.5 Å². The molecule has 2 rings (SSSR count). The van der Waals surface area contributed by atoms with E-state index >= 15 is 0 Å². The Bertz CT molecular complexity index is 445. The smallest absolute Gasteiger partial charge is 0.265 e. The van der Waals surface area contributed by atoms with Crippen LogP contribution in [0, 0.1) is 0 Å². The number of halogens is 1. The van der Waals surface area contributed by atoms with Crippen molar-refractivity contribution in [2.24, 2.45) is 0 Å². The highest BCUT2D eigenvalue weighted by atomic mass is 127. The van der Waals surface area contributed by atoms with E-state index in [1.54, 1.807) is 2.78 Å². The van der Waals surface area contributed by atoms with Crippen LogP contribution < -0.4 is 5.56 Å². The highest BCUT2D eigenvalue weighted by Crippen LogP contribution is 2.04. The van der Waals surface area contributed by atoms with Gasteiger partial charge in [0.2, 0.25) is 5.65 Å². The number of imidazole rings is 1. The predicted molar refractivity (Wildman–Crippen MR) is 45.4 cm³/mol. The fourth-order valence-electron chi connectivity index (χ4n) is 0.762. The fraction of sp³-hybridized carbons (Fsp3) is 0. The molecular weight excluding hydrogens is 261 g/mol. The van der Waals surface area contributed by atoms with E-state index in [1.807, 2.05) is 22.9 Å². The second kappa shape index (κ2) is 2.26. The van der Waals surface area contributed by atoms with E-state index < -0.39 is 0 Å². The van der Waals surface area contributed by atoms with Crippen molar-refractivity contribution in [3.63, 3.8) is 0 Å². The van der Waals surface area contributed by atoms with E-state index in [2.05, 4.69) is 20.4 Å². The molecule has 0 saturated heterocycles. The average Bonchev–Trinajstić information content (AvgIpc) is 2.34. The molecule has 0 spiro atoms. The molecule has 1 N–H and O–H groups in total. The third-order valence-electron chi connectivity index (χ3n) is 1.22. The summed E-state index contributed by atoms with van der Waals surface area (Å²) in [5, 5.41) is 9.20. The van der Waals surface area contributed by atoms with Crippen molar-refractivity contribution in [3.05, 3.63) is 16.7 Å². The minimum Gasteiger partial charge on any atom is -0.265 e. The molecule has 0 fully saturated rings. The molecule has 0 unspecified atom stereocenters. The van der Waals surface area contributed by atoms with Gasteiger partial charge in [-0.05, 0) is 0 Å². The van der Waals surface area contributed by atoms with Gasteiger partial charge in [0.15, 0.2) is 5.52 Å². The third kappa shape index (κ3) is 0.914. The van der Waals surface area contributed by atoms with Crippen LogP contribution in [0.3, 0.4) is 0 Å². The summed E-state index contributed by atoms with van der Waals surface area (Å²) in [4.78, 5) is 14.9. The van der Waals surface area contributed by atoms with Crippen LogP contribution in [0.4, 0.5) is 0 Å². The summed E-state index contributed by atoms with van der Waals surface area (Å²) in [5.41, 5.74) is 0.519. The number of hydrogen-bond acceptors (Lipinski definition) is 4. The van der Waals surface area contributed by atoms with Gasteiger partial charge < -0.3 is 0 Å². The van der Waals surface area contributed by atoms with Gasteiger partial charge in [0.25, 0.3) is 5.56 Å². The first-order chi connectivity index (χ1) is 5.29. The Morgan fingerprint density at radius 2 is 2.45 bits per heavy atom. The van der Waals surface area contributed by atoms with E-state index in [-0.39, 0.29) is 5.56 Å². The summed E-state index contributed by atoms with van der Waals surface area (Å²) in [5.74, 6) is 0. The zero-order valence-corrected chi connectivity index (χ0v) is 7.31. The Labute approximate surface area is 74.1 Å². The molecule has 0 saturated carbocycles. The summed E-state index contributed by atoms with van der Waals surface area (Å²) in [7, 11) is 0. The fourth-order valence-corrected chi connectivity index (χ4v) is 1.32. The summed E-state index contributed by atoms with van der Waals surface area (Å²) in [6, 6.07) is 0. The molecule has 0 bridgehead atoms. The number of H-pyrrole nitrogens is 1. The molecule has 2 aromatic rings. The van der Waals surface area contributed by atoms with Gasteiger partial charge in [-0.1, -0.05) is 5.21 Å². The maximum atomic E-state index is 11.0. The van der Waals surface area contributed by atoms with Gasteiger partial charge in [-0.15, -0.1) is 5.10 Å². The van der Waals surface area contributed by atoms with Crippen LogP contribution in [-0.4, -0.2) is 23.2 Å². The molecule has 0 atom stereocenters. The van der Waals surface area contributed by atoms with Gasteiger partial charge in [-0.2, -0.15) is 0 Å². The van der Waals surface area contributed by atoms with E-state index in [0.29, 0.717) is 11.2 Å². The van der Waals surface area contributed by atoms with Crippen molar-refractivity contribution in [2.75, 3.05) is 0 Å². The molecule has 0 aliphatic rings. The van der Waals surface area contributed by atoms with Crippen molar-refractivity contribution >= 4 is 34.0 Å². The van der Waals surface area contributed by atoms with Crippen molar-refractivity contribution in [1.82, 2.24) is 23.2 Å². The molecule has 0 radical (unpaired) electrons. The molecule has 7 heteroatoms. The second-order valence-corrected chi connectivity index (χ2v) is 2.91. The number of nitrogens with one attached hydrogen (secondary N) is 1. The van der Waals surface area contributed by atoms with Crippen molar-refractivity contribution in [2.45, 2.75) is 0 Å². The standard InChI is InChI=1S/C4H2IN5O/c5-10-1-6-3-2(10)4(11)8-9-7-3/h1H,(H,7,8,11). The molecule has 11 heavy (non-hydrogen) atoms. The molecule has 2 heterocycles. The lowest BCUT2D eigenvalue weighted by molar-refractivity contribution is 0.865. The van der Waals surface area contributed by atoms with Gasteiger partial charge in [-0.3, -0.25) is 7.58 Å². The van der Waals surface area contributed by atoms with Crippen molar-refractivity contribution < 1.29 is 0 Å². The quantitative estimate of drug-likeness (QED) is 0.663. The minimum absolute atomic E-state index is 0.276. The first-order valence-corrected chi connectivity index (χ1v) is 3.70. The number of rotatable bonds is 0. The Morgan fingerprint density at radius 1 is 1.64 bits per heavy atom. The number of fused-ring (bicyclic) bond motifs is 1. The molecule has 2 aromatic heterocycles. The van der Waals surface area contributed by atoms with Crippen LogP contribution >= 0.6 is 22.9 Å². The van der Waals surface area contributed by atoms with Gasteiger partial charge in [0, 0.05) is 0 Å². The molecule has 0 aliphatic carbocycles. The van der Waals surface area contributed by atoms with Crippen LogP contribution in [-0.2, 0) is 0 Å². The number of nitrogens with zero attached hydrogens (tertiary/aromatic N) is 4. The monoisotopic (exact) mass is 263 g/mol. The first kappa shape index (κ1) is 6.70. The van der Waals surface area contributed by atoms with E-state index in [9.17, 15) is 4.79 Å². The normalized spacial score (nSPS) is 10.6. The molecule has 0 aliphatic heterocycles. The van der Waals surface area contributed by atoms with Crippen molar-refractivity contribution in [1.29, 1.82) is 0 Å². The van der Waals surface area contributed by atoms with Crippen LogP contribution in [0.1, 0.15) is 0 Å². The maximum Gasteiger partial charge on any atom is 0.294 e. The lowest BCUT2D eigenvalue weighted by atomic mass is 10.6. The zero-order chi connectivity index (χ0) is 7.84.